The second-order valence-electron chi connectivity index (χ2n) is 6.17. The molecule has 4 heteroatoms. The van der Waals surface area contributed by atoms with Crippen molar-refractivity contribution in [1.82, 2.24) is 0 Å². The summed E-state index contributed by atoms with van der Waals surface area (Å²) in [5.74, 6) is 1.22. The van der Waals surface area contributed by atoms with Gasteiger partial charge in [-0.3, -0.25) is 0 Å². The Balaban J connectivity index is 1.95. The molecule has 0 N–H and O–H groups in total. The predicted molar refractivity (Wildman–Crippen MR) is 107 cm³/mol. The molecule has 1 aromatic heterocycles. The van der Waals surface area contributed by atoms with E-state index in [1.54, 1.807) is 12.3 Å². The molecule has 0 bridgehead atoms. The summed E-state index contributed by atoms with van der Waals surface area (Å²) in [6.45, 7) is 8.80. The van der Waals surface area contributed by atoms with E-state index >= 15 is 0 Å². The number of ether oxygens (including phenoxy) is 2. The molecule has 26 heavy (non-hydrogen) atoms. The number of rotatable bonds is 7. The van der Waals surface area contributed by atoms with Gasteiger partial charge in [-0.2, -0.15) is 0 Å². The van der Waals surface area contributed by atoms with Crippen LogP contribution in [0.1, 0.15) is 25.0 Å². The molecule has 0 aliphatic carbocycles. The van der Waals surface area contributed by atoms with Crippen molar-refractivity contribution in [3.05, 3.63) is 77.0 Å². The quantitative estimate of drug-likeness (QED) is 0.437. The lowest BCUT2D eigenvalue weighted by Crippen LogP contribution is -2.02. The van der Waals surface area contributed by atoms with Gasteiger partial charge in [0.25, 0.3) is 0 Å². The molecule has 0 aliphatic rings. The molecule has 0 radical (unpaired) electrons. The molecule has 0 spiro atoms. The van der Waals surface area contributed by atoms with Gasteiger partial charge in [-0.15, -0.1) is 0 Å². The van der Waals surface area contributed by atoms with Crippen LogP contribution in [0.25, 0.3) is 17.0 Å². The zero-order valence-electron chi connectivity index (χ0n) is 14.9. The van der Waals surface area contributed by atoms with Gasteiger partial charge in [0.05, 0.1) is 6.26 Å². The van der Waals surface area contributed by atoms with Crippen LogP contribution in [-0.4, -0.2) is 6.61 Å². The summed E-state index contributed by atoms with van der Waals surface area (Å²) in [6.07, 6.45) is 5.42. The second kappa shape index (κ2) is 8.15. The van der Waals surface area contributed by atoms with Crippen LogP contribution in [0.4, 0.5) is 0 Å². The van der Waals surface area contributed by atoms with Gasteiger partial charge < -0.3 is 13.9 Å². The topological polar surface area (TPSA) is 31.6 Å². The van der Waals surface area contributed by atoms with E-state index in [1.165, 1.54) is 5.57 Å². The number of furan rings is 1. The van der Waals surface area contributed by atoms with Crippen LogP contribution in [0.3, 0.4) is 0 Å². The second-order valence-corrected chi connectivity index (χ2v) is 6.61. The Morgan fingerprint density at radius 3 is 2.58 bits per heavy atom. The highest BCUT2D eigenvalue weighted by atomic mass is 35.5. The van der Waals surface area contributed by atoms with Gasteiger partial charge >= 0.3 is 0 Å². The third kappa shape index (κ3) is 4.12. The maximum absolute atomic E-state index is 6.10. The fraction of sp³-hybridized carbons (Fsp3) is 0.182. The summed E-state index contributed by atoms with van der Waals surface area (Å²) < 4.78 is 17.7. The molecule has 0 amide bonds. The first-order chi connectivity index (χ1) is 12.6. The summed E-state index contributed by atoms with van der Waals surface area (Å²) in [4.78, 5) is 0. The molecule has 0 saturated carbocycles. The van der Waals surface area contributed by atoms with Crippen molar-refractivity contribution in [2.24, 2.45) is 0 Å². The van der Waals surface area contributed by atoms with Crippen LogP contribution in [0.15, 0.2) is 65.3 Å². The molecule has 2 aromatic carbocycles. The molecular formula is C22H21ClO3. The van der Waals surface area contributed by atoms with Gasteiger partial charge in [0, 0.05) is 16.0 Å². The van der Waals surface area contributed by atoms with E-state index in [1.807, 2.05) is 56.3 Å². The highest BCUT2D eigenvalue weighted by molar-refractivity contribution is 6.30. The first-order valence-electron chi connectivity index (χ1n) is 8.38. The average Bonchev–Trinajstić information content (AvgIpc) is 3.09. The van der Waals surface area contributed by atoms with Crippen LogP contribution in [0.5, 0.6) is 11.5 Å². The number of hydrogen-bond acceptors (Lipinski definition) is 3. The lowest BCUT2D eigenvalue weighted by atomic mass is 10.1. The Kier molecular flexibility index (Phi) is 5.69. The maximum Gasteiger partial charge on any atom is 0.205 e. The number of benzene rings is 2. The number of halogens is 1. The third-order valence-corrected chi connectivity index (χ3v) is 4.17. The van der Waals surface area contributed by atoms with Crippen molar-refractivity contribution in [2.45, 2.75) is 20.5 Å². The molecule has 134 valence electrons. The van der Waals surface area contributed by atoms with Crippen molar-refractivity contribution >= 4 is 28.6 Å². The van der Waals surface area contributed by atoms with E-state index in [-0.39, 0.29) is 0 Å². The monoisotopic (exact) mass is 368 g/mol. The fourth-order valence-corrected chi connectivity index (χ4v) is 2.67. The summed E-state index contributed by atoms with van der Waals surface area (Å²) in [5, 5.41) is 1.65. The van der Waals surface area contributed by atoms with Crippen LogP contribution in [0.2, 0.25) is 5.02 Å². The van der Waals surface area contributed by atoms with Crippen LogP contribution in [0, 0.1) is 0 Å². The summed E-state index contributed by atoms with van der Waals surface area (Å²) in [6, 6.07) is 11.4. The summed E-state index contributed by atoms with van der Waals surface area (Å²) >= 11 is 5.95. The van der Waals surface area contributed by atoms with Crippen LogP contribution in [-0.2, 0) is 6.61 Å². The predicted octanol–water partition coefficient (Wildman–Crippen LogP) is 6.65. The van der Waals surface area contributed by atoms with Gasteiger partial charge in [-0.1, -0.05) is 42.0 Å². The number of fused-ring (bicyclic) bond motifs is 1. The van der Waals surface area contributed by atoms with Crippen molar-refractivity contribution in [2.75, 3.05) is 6.61 Å². The van der Waals surface area contributed by atoms with E-state index in [0.717, 1.165) is 16.5 Å². The fourth-order valence-electron chi connectivity index (χ4n) is 2.54. The molecule has 0 unspecified atom stereocenters. The molecule has 1 heterocycles. The zero-order valence-corrected chi connectivity index (χ0v) is 15.7. The Bertz CT molecular complexity index is 932. The molecule has 3 rings (SSSR count). The van der Waals surface area contributed by atoms with Gasteiger partial charge in [0.2, 0.25) is 5.75 Å². The molecule has 0 aliphatic heterocycles. The molecule has 0 atom stereocenters. The maximum atomic E-state index is 6.10. The van der Waals surface area contributed by atoms with Crippen molar-refractivity contribution in [1.29, 1.82) is 0 Å². The van der Waals surface area contributed by atoms with Crippen LogP contribution >= 0.6 is 11.6 Å². The minimum Gasteiger partial charge on any atom is -0.484 e. The van der Waals surface area contributed by atoms with Gasteiger partial charge in [-0.05, 0) is 49.8 Å². The lowest BCUT2D eigenvalue weighted by Gasteiger charge is -2.15. The Labute approximate surface area is 158 Å². The summed E-state index contributed by atoms with van der Waals surface area (Å²) in [5.41, 5.74) is 3.73. The van der Waals surface area contributed by atoms with Crippen LogP contribution < -0.4 is 9.47 Å². The molecule has 3 aromatic rings. The minimum absolute atomic E-state index is 0.392. The first kappa shape index (κ1) is 18.2. The highest BCUT2D eigenvalue weighted by Crippen LogP contribution is 2.41. The standard InChI is InChI=1S/C22H21ClO3/c1-4-17-13-18-10-12-24-21(18)22(25-11-9-15(2)3)20(17)26-14-16-5-7-19(23)8-6-16/h4-10,12-13H,1,11,14H2,2-3H3. The lowest BCUT2D eigenvalue weighted by molar-refractivity contribution is 0.274. The van der Waals surface area contributed by atoms with Gasteiger partial charge in [-0.25, -0.2) is 0 Å². The molecular weight excluding hydrogens is 348 g/mol. The van der Waals surface area contributed by atoms with E-state index < -0.39 is 0 Å². The Hall–Kier alpha value is -2.65. The highest BCUT2D eigenvalue weighted by Gasteiger charge is 2.17. The van der Waals surface area contributed by atoms with Crippen molar-refractivity contribution < 1.29 is 13.9 Å². The average molecular weight is 369 g/mol. The Morgan fingerprint density at radius 2 is 1.88 bits per heavy atom. The number of allylic oxidation sites excluding steroid dienone is 1. The molecule has 0 saturated heterocycles. The molecule has 3 nitrogen and oxygen atoms in total. The van der Waals surface area contributed by atoms with E-state index in [9.17, 15) is 0 Å². The molecule has 0 fully saturated rings. The van der Waals surface area contributed by atoms with Gasteiger partial charge in [0.1, 0.15) is 13.2 Å². The Morgan fingerprint density at radius 1 is 1.12 bits per heavy atom. The normalized spacial score (nSPS) is 10.6. The zero-order chi connectivity index (χ0) is 18.5. The summed E-state index contributed by atoms with van der Waals surface area (Å²) in [7, 11) is 0. The minimum atomic E-state index is 0.392. The van der Waals surface area contributed by atoms with Gasteiger partial charge in [0.15, 0.2) is 11.3 Å². The van der Waals surface area contributed by atoms with E-state index in [4.69, 9.17) is 25.5 Å². The van der Waals surface area contributed by atoms with E-state index in [0.29, 0.717) is 35.3 Å². The van der Waals surface area contributed by atoms with E-state index in [2.05, 4.69) is 6.58 Å². The third-order valence-electron chi connectivity index (χ3n) is 3.92. The van der Waals surface area contributed by atoms with Crippen molar-refractivity contribution in [3.63, 3.8) is 0 Å². The van der Waals surface area contributed by atoms with Crippen molar-refractivity contribution in [3.8, 4) is 11.5 Å². The SMILES string of the molecule is C=Cc1cc2ccoc2c(OCC=C(C)C)c1OCc1ccc(Cl)cc1. The number of hydrogen-bond donors (Lipinski definition) is 0. The smallest absolute Gasteiger partial charge is 0.205 e. The largest absolute Gasteiger partial charge is 0.484 e. The first-order valence-corrected chi connectivity index (χ1v) is 8.76.